The van der Waals surface area contributed by atoms with Gasteiger partial charge in [-0.2, -0.15) is 10.2 Å². The molecule has 1 unspecified atom stereocenters. The summed E-state index contributed by atoms with van der Waals surface area (Å²) in [5, 5.41) is 15.8. The predicted molar refractivity (Wildman–Crippen MR) is 120 cm³/mol. The van der Waals surface area contributed by atoms with E-state index in [2.05, 4.69) is 20.8 Å². The van der Waals surface area contributed by atoms with Crippen molar-refractivity contribution in [2.45, 2.75) is 52.3 Å². The van der Waals surface area contributed by atoms with Gasteiger partial charge >= 0.3 is 6.09 Å². The highest BCUT2D eigenvalue weighted by Gasteiger charge is 2.26. The highest BCUT2D eigenvalue weighted by Crippen LogP contribution is 2.23. The largest absolute Gasteiger partial charge is 0.444 e. The number of carbonyl (C=O) groups is 2. The molecule has 170 valence electrons. The van der Waals surface area contributed by atoms with Gasteiger partial charge in [0.15, 0.2) is 0 Å². The second-order valence-electron chi connectivity index (χ2n) is 9.24. The van der Waals surface area contributed by atoms with Gasteiger partial charge < -0.3 is 15.4 Å². The van der Waals surface area contributed by atoms with E-state index >= 15 is 0 Å². The van der Waals surface area contributed by atoms with Gasteiger partial charge in [0.25, 0.3) is 5.91 Å². The van der Waals surface area contributed by atoms with Crippen molar-refractivity contribution < 1.29 is 14.3 Å². The Morgan fingerprint density at radius 3 is 2.78 bits per heavy atom. The van der Waals surface area contributed by atoms with Crippen LogP contribution in [-0.2, 0) is 31.3 Å². The fraction of sp³-hybridized carbons (Fsp3) is 0.478. The number of rotatable bonds is 5. The number of ether oxygens (including phenoxy) is 1. The molecule has 9 nitrogen and oxygen atoms in total. The zero-order valence-electron chi connectivity index (χ0n) is 19.0. The number of carbonyl (C=O) groups excluding carboxylic acids is 2. The second kappa shape index (κ2) is 8.64. The van der Waals surface area contributed by atoms with Crippen LogP contribution >= 0.6 is 0 Å². The van der Waals surface area contributed by atoms with Crippen LogP contribution in [0.5, 0.6) is 0 Å². The molecule has 2 N–H and O–H groups in total. The molecule has 3 heterocycles. The molecule has 0 fully saturated rings. The van der Waals surface area contributed by atoms with E-state index in [0.29, 0.717) is 31.6 Å². The van der Waals surface area contributed by atoms with Gasteiger partial charge in [0.1, 0.15) is 5.60 Å². The van der Waals surface area contributed by atoms with Crippen LogP contribution in [0.15, 0.2) is 30.5 Å². The van der Waals surface area contributed by atoms with E-state index in [0.717, 1.165) is 28.7 Å². The Bertz CT molecular complexity index is 1140. The van der Waals surface area contributed by atoms with Gasteiger partial charge in [-0.05, 0) is 45.6 Å². The normalized spacial score (nSPS) is 15.9. The molecule has 1 aliphatic heterocycles. The maximum Gasteiger partial charge on any atom is 0.407 e. The smallest absolute Gasteiger partial charge is 0.407 e. The van der Waals surface area contributed by atoms with Crippen LogP contribution in [0, 0.1) is 5.92 Å². The third-order valence-corrected chi connectivity index (χ3v) is 5.61. The maximum absolute atomic E-state index is 12.9. The number of para-hydroxylation sites is 1. The third-order valence-electron chi connectivity index (χ3n) is 5.61. The number of aromatic nitrogens is 4. The Morgan fingerprint density at radius 1 is 1.22 bits per heavy atom. The molecular formula is C23H30N6O3. The van der Waals surface area contributed by atoms with E-state index in [4.69, 9.17) is 4.74 Å². The molecule has 32 heavy (non-hydrogen) atoms. The monoisotopic (exact) mass is 438 g/mol. The first kappa shape index (κ1) is 21.9. The van der Waals surface area contributed by atoms with Crippen molar-refractivity contribution in [3.8, 4) is 0 Å². The summed E-state index contributed by atoms with van der Waals surface area (Å²) in [7, 11) is 1.90. The molecule has 1 atom stereocenters. The molecule has 0 saturated heterocycles. The topological polar surface area (TPSA) is 103 Å². The Kier molecular flexibility index (Phi) is 5.90. The van der Waals surface area contributed by atoms with E-state index in [1.807, 2.05) is 61.4 Å². The first-order chi connectivity index (χ1) is 15.2. The molecule has 0 bridgehead atoms. The Balaban J connectivity index is 1.38. The fourth-order valence-corrected chi connectivity index (χ4v) is 4.08. The molecule has 1 aromatic carbocycles. The van der Waals surface area contributed by atoms with Crippen LogP contribution in [0.1, 0.15) is 48.9 Å². The SMILES string of the molecule is Cn1nc(CNC(=O)c2cnn3c2CC(CNC(=O)OC(C)(C)C)CC3)c2ccccc21. The van der Waals surface area contributed by atoms with Crippen molar-refractivity contribution >= 4 is 22.9 Å². The second-order valence-corrected chi connectivity index (χ2v) is 9.24. The molecular weight excluding hydrogens is 408 g/mol. The van der Waals surface area contributed by atoms with Gasteiger partial charge in [0, 0.05) is 25.5 Å². The summed E-state index contributed by atoms with van der Waals surface area (Å²) in [6.07, 6.45) is 2.76. The number of amides is 2. The number of benzene rings is 1. The molecule has 3 aromatic rings. The summed E-state index contributed by atoms with van der Waals surface area (Å²) >= 11 is 0. The average molecular weight is 439 g/mol. The van der Waals surface area contributed by atoms with Gasteiger partial charge in [-0.25, -0.2) is 4.79 Å². The van der Waals surface area contributed by atoms with E-state index in [9.17, 15) is 9.59 Å². The number of nitrogens with one attached hydrogen (secondary N) is 2. The van der Waals surface area contributed by atoms with Crippen LogP contribution in [0.25, 0.3) is 10.9 Å². The number of nitrogens with zero attached hydrogens (tertiary/aromatic N) is 4. The van der Waals surface area contributed by atoms with Gasteiger partial charge in [-0.3, -0.25) is 14.2 Å². The van der Waals surface area contributed by atoms with Crippen molar-refractivity contribution in [2.75, 3.05) is 6.54 Å². The highest BCUT2D eigenvalue weighted by atomic mass is 16.6. The Labute approximate surface area is 187 Å². The zero-order chi connectivity index (χ0) is 22.9. The zero-order valence-corrected chi connectivity index (χ0v) is 19.0. The lowest BCUT2D eigenvalue weighted by Gasteiger charge is -2.25. The maximum atomic E-state index is 12.9. The Morgan fingerprint density at radius 2 is 2.00 bits per heavy atom. The number of hydrogen-bond donors (Lipinski definition) is 2. The lowest BCUT2D eigenvalue weighted by molar-refractivity contribution is 0.0516. The number of alkyl carbamates (subject to hydrolysis) is 1. The van der Waals surface area contributed by atoms with Crippen molar-refractivity contribution in [3.05, 3.63) is 47.4 Å². The Hall–Kier alpha value is -3.36. The van der Waals surface area contributed by atoms with Crippen LogP contribution in [-0.4, -0.2) is 43.7 Å². The predicted octanol–water partition coefficient (Wildman–Crippen LogP) is 2.79. The first-order valence-corrected chi connectivity index (χ1v) is 10.9. The van der Waals surface area contributed by atoms with Crippen molar-refractivity contribution in [3.63, 3.8) is 0 Å². The summed E-state index contributed by atoms with van der Waals surface area (Å²) in [4.78, 5) is 24.9. The van der Waals surface area contributed by atoms with Crippen LogP contribution < -0.4 is 10.6 Å². The van der Waals surface area contributed by atoms with Crippen molar-refractivity contribution in [2.24, 2.45) is 13.0 Å². The van der Waals surface area contributed by atoms with E-state index < -0.39 is 11.7 Å². The summed E-state index contributed by atoms with van der Waals surface area (Å²) in [5.74, 6) is 0.0553. The summed E-state index contributed by atoms with van der Waals surface area (Å²) in [6, 6.07) is 7.95. The molecule has 1 aliphatic rings. The molecule has 2 aromatic heterocycles. The standard InChI is InChI=1S/C23H30N6O3/c1-23(2,3)32-22(31)25-12-15-9-10-29-20(11-15)17(13-26-29)21(30)24-14-18-16-7-5-6-8-19(16)28(4)27-18/h5-8,13,15H,9-12,14H2,1-4H3,(H,24,30)(H,25,31). The summed E-state index contributed by atoms with van der Waals surface area (Å²) < 4.78 is 9.02. The minimum atomic E-state index is -0.528. The first-order valence-electron chi connectivity index (χ1n) is 10.9. The number of hydrogen-bond acceptors (Lipinski definition) is 5. The van der Waals surface area contributed by atoms with E-state index in [-0.39, 0.29) is 11.8 Å². The summed E-state index contributed by atoms with van der Waals surface area (Å²) in [6.45, 7) is 7.07. The van der Waals surface area contributed by atoms with E-state index in [1.54, 1.807) is 6.20 Å². The summed E-state index contributed by atoms with van der Waals surface area (Å²) in [5.41, 5.74) is 2.80. The highest BCUT2D eigenvalue weighted by molar-refractivity contribution is 5.95. The minimum Gasteiger partial charge on any atom is -0.444 e. The quantitative estimate of drug-likeness (QED) is 0.638. The molecule has 0 aliphatic carbocycles. The average Bonchev–Trinajstić information content (AvgIpc) is 3.30. The molecule has 0 radical (unpaired) electrons. The number of fused-ring (bicyclic) bond motifs is 2. The van der Waals surface area contributed by atoms with Gasteiger partial charge in [-0.1, -0.05) is 18.2 Å². The van der Waals surface area contributed by atoms with Crippen LogP contribution in [0.3, 0.4) is 0 Å². The molecule has 2 amide bonds. The van der Waals surface area contributed by atoms with Crippen LogP contribution in [0.4, 0.5) is 4.79 Å². The van der Waals surface area contributed by atoms with Gasteiger partial charge in [-0.15, -0.1) is 0 Å². The van der Waals surface area contributed by atoms with Gasteiger partial charge in [0.05, 0.1) is 35.2 Å². The lowest BCUT2D eigenvalue weighted by Crippen LogP contribution is -2.37. The van der Waals surface area contributed by atoms with Crippen LogP contribution in [0.2, 0.25) is 0 Å². The van der Waals surface area contributed by atoms with Crippen molar-refractivity contribution in [1.29, 1.82) is 0 Å². The molecule has 4 rings (SSSR count). The molecule has 9 heteroatoms. The van der Waals surface area contributed by atoms with Gasteiger partial charge in [0.2, 0.25) is 0 Å². The third kappa shape index (κ3) is 4.76. The van der Waals surface area contributed by atoms with E-state index in [1.165, 1.54) is 0 Å². The molecule has 0 saturated carbocycles. The lowest BCUT2D eigenvalue weighted by atomic mass is 9.94. The molecule has 0 spiro atoms. The number of aryl methyl sites for hydroxylation is 2. The minimum absolute atomic E-state index is 0.165. The van der Waals surface area contributed by atoms with Crippen molar-refractivity contribution in [1.82, 2.24) is 30.2 Å². The fourth-order valence-electron chi connectivity index (χ4n) is 4.08.